The molecule has 0 aliphatic rings. The summed E-state index contributed by atoms with van der Waals surface area (Å²) in [7, 11) is 0. The Morgan fingerprint density at radius 2 is 1.90 bits per heavy atom. The molecule has 0 unspecified atom stereocenters. The summed E-state index contributed by atoms with van der Waals surface area (Å²) in [6.07, 6.45) is 0.869. The van der Waals surface area contributed by atoms with Gasteiger partial charge in [0, 0.05) is 6.61 Å². The van der Waals surface area contributed by atoms with Crippen molar-refractivity contribution in [1.29, 1.82) is 0 Å². The molecule has 1 aromatic carbocycles. The van der Waals surface area contributed by atoms with Crippen LogP contribution in [0.25, 0.3) is 0 Å². The van der Waals surface area contributed by atoms with Crippen LogP contribution in [0.1, 0.15) is 39.7 Å². The average Bonchev–Trinajstić information content (AvgIpc) is 2.44. The topological polar surface area (TPSA) is 47.6 Å². The summed E-state index contributed by atoms with van der Waals surface area (Å²) in [5, 5.41) is 3.15. The summed E-state index contributed by atoms with van der Waals surface area (Å²) in [4.78, 5) is 11.8. The van der Waals surface area contributed by atoms with E-state index < -0.39 is 0 Å². The Balaban J connectivity index is 2.14. The quantitative estimate of drug-likeness (QED) is 0.591. The van der Waals surface area contributed by atoms with Crippen LogP contribution in [0.5, 0.6) is 0 Å². The van der Waals surface area contributed by atoms with Crippen molar-refractivity contribution in [2.75, 3.05) is 13.2 Å². The molecule has 4 heteroatoms. The maximum atomic E-state index is 11.8. The first kappa shape index (κ1) is 17.7. The van der Waals surface area contributed by atoms with Gasteiger partial charge in [-0.3, -0.25) is 4.79 Å². The highest BCUT2D eigenvalue weighted by molar-refractivity contribution is 5.75. The molecule has 1 atom stereocenters. The zero-order valence-corrected chi connectivity index (χ0v) is 13.5. The zero-order valence-electron chi connectivity index (χ0n) is 13.5. The van der Waals surface area contributed by atoms with E-state index in [9.17, 15) is 4.79 Å². The van der Waals surface area contributed by atoms with Crippen LogP contribution >= 0.6 is 0 Å². The third-order valence-corrected chi connectivity index (χ3v) is 2.88. The number of ether oxygens (including phenoxy) is 2. The van der Waals surface area contributed by atoms with E-state index in [1.807, 2.05) is 58.0 Å². The van der Waals surface area contributed by atoms with Gasteiger partial charge in [-0.2, -0.15) is 0 Å². The first-order valence-electron chi connectivity index (χ1n) is 7.46. The molecule has 118 valence electrons. The van der Waals surface area contributed by atoms with Crippen LogP contribution in [0.4, 0.5) is 0 Å². The monoisotopic (exact) mass is 293 g/mol. The third kappa shape index (κ3) is 8.48. The van der Waals surface area contributed by atoms with Crippen LogP contribution in [0.2, 0.25) is 0 Å². The van der Waals surface area contributed by atoms with Crippen molar-refractivity contribution in [1.82, 2.24) is 5.32 Å². The molecule has 0 spiro atoms. The summed E-state index contributed by atoms with van der Waals surface area (Å²) >= 11 is 0. The van der Waals surface area contributed by atoms with Crippen LogP contribution in [0.15, 0.2) is 30.3 Å². The van der Waals surface area contributed by atoms with E-state index in [-0.39, 0.29) is 17.6 Å². The molecule has 1 N–H and O–H groups in total. The SMILES string of the molecule is C[C@H](NCCCOC(C)(C)C)C(=O)OCc1ccccc1. The van der Waals surface area contributed by atoms with Crippen molar-refractivity contribution in [3.63, 3.8) is 0 Å². The number of benzene rings is 1. The highest BCUT2D eigenvalue weighted by Gasteiger charge is 2.14. The van der Waals surface area contributed by atoms with Gasteiger partial charge in [0.05, 0.1) is 5.60 Å². The molecule has 0 radical (unpaired) electrons. The highest BCUT2D eigenvalue weighted by Crippen LogP contribution is 2.06. The maximum absolute atomic E-state index is 11.8. The summed E-state index contributed by atoms with van der Waals surface area (Å²) in [5.41, 5.74) is 0.886. The largest absolute Gasteiger partial charge is 0.460 e. The van der Waals surface area contributed by atoms with Gasteiger partial charge in [-0.15, -0.1) is 0 Å². The standard InChI is InChI=1S/C17H27NO3/c1-14(18-11-8-12-21-17(2,3)4)16(19)20-13-15-9-6-5-7-10-15/h5-7,9-10,14,18H,8,11-13H2,1-4H3/t14-/m0/s1. The molecule has 0 bridgehead atoms. The van der Waals surface area contributed by atoms with E-state index in [0.717, 1.165) is 18.5 Å². The van der Waals surface area contributed by atoms with Crippen LogP contribution in [-0.2, 0) is 20.9 Å². The summed E-state index contributed by atoms with van der Waals surface area (Å²) in [6, 6.07) is 9.38. The Hall–Kier alpha value is -1.39. The number of carbonyl (C=O) groups is 1. The van der Waals surface area contributed by atoms with Gasteiger partial charge in [0.15, 0.2) is 0 Å². The minimum atomic E-state index is -0.302. The number of hydrogen-bond acceptors (Lipinski definition) is 4. The normalized spacial score (nSPS) is 13.0. The number of nitrogens with one attached hydrogen (secondary N) is 1. The smallest absolute Gasteiger partial charge is 0.323 e. The van der Waals surface area contributed by atoms with E-state index in [1.54, 1.807) is 0 Å². The van der Waals surface area contributed by atoms with Crippen molar-refractivity contribution in [3.8, 4) is 0 Å². The Morgan fingerprint density at radius 3 is 2.52 bits per heavy atom. The first-order chi connectivity index (χ1) is 9.88. The lowest BCUT2D eigenvalue weighted by molar-refractivity contribution is -0.147. The minimum absolute atomic E-state index is 0.111. The van der Waals surface area contributed by atoms with Crippen molar-refractivity contribution in [2.45, 2.75) is 52.4 Å². The molecule has 21 heavy (non-hydrogen) atoms. The number of rotatable bonds is 8. The highest BCUT2D eigenvalue weighted by atomic mass is 16.5. The Morgan fingerprint density at radius 1 is 1.24 bits per heavy atom. The van der Waals surface area contributed by atoms with Gasteiger partial charge in [0.25, 0.3) is 0 Å². The van der Waals surface area contributed by atoms with Crippen LogP contribution < -0.4 is 5.32 Å². The molecule has 0 aliphatic carbocycles. The lowest BCUT2D eigenvalue weighted by atomic mass is 10.2. The van der Waals surface area contributed by atoms with Crippen LogP contribution in [0, 0.1) is 0 Å². The molecule has 0 aromatic heterocycles. The molecular formula is C17H27NO3. The molecule has 0 saturated carbocycles. The molecule has 0 heterocycles. The number of hydrogen-bond donors (Lipinski definition) is 1. The fourth-order valence-corrected chi connectivity index (χ4v) is 1.71. The lowest BCUT2D eigenvalue weighted by Crippen LogP contribution is -2.36. The summed E-state index contributed by atoms with van der Waals surface area (Å²) < 4.78 is 10.9. The van der Waals surface area contributed by atoms with Crippen LogP contribution in [0.3, 0.4) is 0 Å². The Labute approximate surface area is 127 Å². The molecule has 1 aromatic rings. The van der Waals surface area contributed by atoms with Crippen LogP contribution in [-0.4, -0.2) is 30.8 Å². The second kappa shape index (κ2) is 8.80. The number of carbonyl (C=O) groups excluding carboxylic acids is 1. The molecule has 1 rings (SSSR count). The van der Waals surface area contributed by atoms with Gasteiger partial charge in [0.2, 0.25) is 0 Å². The average molecular weight is 293 g/mol. The van der Waals surface area contributed by atoms with Crippen molar-refractivity contribution in [3.05, 3.63) is 35.9 Å². The maximum Gasteiger partial charge on any atom is 0.323 e. The van der Waals surface area contributed by atoms with E-state index in [0.29, 0.717) is 13.2 Å². The molecule has 0 fully saturated rings. The molecule has 4 nitrogen and oxygen atoms in total. The zero-order chi connectivity index (χ0) is 15.7. The van der Waals surface area contributed by atoms with Gasteiger partial charge >= 0.3 is 5.97 Å². The summed E-state index contributed by atoms with van der Waals surface area (Å²) in [6.45, 7) is 9.65. The fourth-order valence-electron chi connectivity index (χ4n) is 1.71. The van der Waals surface area contributed by atoms with E-state index in [1.165, 1.54) is 0 Å². The fraction of sp³-hybridized carbons (Fsp3) is 0.588. The van der Waals surface area contributed by atoms with Crippen molar-refractivity contribution >= 4 is 5.97 Å². The Kier molecular flexibility index (Phi) is 7.40. The predicted octanol–water partition coefficient (Wildman–Crippen LogP) is 2.91. The molecule has 0 saturated heterocycles. The number of esters is 1. The van der Waals surface area contributed by atoms with Gasteiger partial charge < -0.3 is 14.8 Å². The molecule has 0 aliphatic heterocycles. The van der Waals surface area contributed by atoms with E-state index in [4.69, 9.17) is 9.47 Å². The van der Waals surface area contributed by atoms with Crippen molar-refractivity contribution in [2.24, 2.45) is 0 Å². The second-order valence-corrected chi connectivity index (χ2v) is 6.08. The van der Waals surface area contributed by atoms with Gasteiger partial charge in [-0.05, 0) is 46.2 Å². The summed E-state index contributed by atoms with van der Waals surface area (Å²) in [5.74, 6) is -0.226. The van der Waals surface area contributed by atoms with Gasteiger partial charge in [-0.25, -0.2) is 0 Å². The molecule has 0 amide bonds. The van der Waals surface area contributed by atoms with E-state index in [2.05, 4.69) is 5.32 Å². The third-order valence-electron chi connectivity index (χ3n) is 2.88. The van der Waals surface area contributed by atoms with E-state index >= 15 is 0 Å². The second-order valence-electron chi connectivity index (χ2n) is 6.08. The van der Waals surface area contributed by atoms with Gasteiger partial charge in [0.1, 0.15) is 12.6 Å². The lowest BCUT2D eigenvalue weighted by Gasteiger charge is -2.20. The minimum Gasteiger partial charge on any atom is -0.460 e. The predicted molar refractivity (Wildman–Crippen MR) is 84.0 cm³/mol. The molecular weight excluding hydrogens is 266 g/mol. The first-order valence-corrected chi connectivity index (χ1v) is 7.46. The van der Waals surface area contributed by atoms with Gasteiger partial charge in [-0.1, -0.05) is 30.3 Å². The Bertz CT molecular complexity index is 412. The van der Waals surface area contributed by atoms with Crippen molar-refractivity contribution < 1.29 is 14.3 Å².